The molecule has 0 amide bonds. The molecule has 0 saturated heterocycles. The summed E-state index contributed by atoms with van der Waals surface area (Å²) in [7, 11) is -3.60. The number of nitrogens with zero attached hydrogens (tertiary/aromatic N) is 1. The Morgan fingerprint density at radius 1 is 1.35 bits per heavy atom. The van der Waals surface area contributed by atoms with Crippen LogP contribution in [-0.2, 0) is 10.0 Å². The van der Waals surface area contributed by atoms with Gasteiger partial charge in [-0.15, -0.1) is 0 Å². The van der Waals surface area contributed by atoms with Crippen molar-refractivity contribution in [1.82, 2.24) is 4.72 Å². The average Bonchev–Trinajstić information content (AvgIpc) is 2.29. The van der Waals surface area contributed by atoms with E-state index >= 15 is 0 Å². The van der Waals surface area contributed by atoms with Gasteiger partial charge in [0.2, 0.25) is 10.0 Å². The lowest BCUT2D eigenvalue weighted by Gasteiger charge is -2.03. The quantitative estimate of drug-likeness (QED) is 0.490. The monoisotopic (exact) mass is 256 g/mol. The molecule has 0 unspecified atom stereocenters. The maximum atomic E-state index is 11.7. The minimum absolute atomic E-state index is 0.00704. The van der Waals surface area contributed by atoms with Gasteiger partial charge in [-0.25, -0.2) is 13.1 Å². The zero-order valence-electron chi connectivity index (χ0n) is 9.16. The number of hydrogen-bond acceptors (Lipinski definition) is 4. The van der Waals surface area contributed by atoms with Gasteiger partial charge >= 0.3 is 0 Å². The van der Waals surface area contributed by atoms with Crippen LogP contribution in [0.25, 0.3) is 0 Å². The first-order valence-corrected chi connectivity index (χ1v) is 6.31. The number of nitro benzene ring substituents is 1. The highest BCUT2D eigenvalue weighted by molar-refractivity contribution is 7.89. The molecule has 0 aliphatic carbocycles. The molecule has 0 aliphatic heterocycles. The summed E-state index contributed by atoms with van der Waals surface area (Å²) in [5, 5.41) is 10.4. The molecule has 0 spiro atoms. The number of nitro groups is 1. The lowest BCUT2D eigenvalue weighted by atomic mass is 10.3. The van der Waals surface area contributed by atoms with E-state index in [1.54, 1.807) is 19.1 Å². The average molecular weight is 256 g/mol. The van der Waals surface area contributed by atoms with Crippen molar-refractivity contribution in [3.8, 4) is 0 Å². The van der Waals surface area contributed by atoms with E-state index in [0.29, 0.717) is 0 Å². The lowest BCUT2D eigenvalue weighted by Crippen LogP contribution is -2.23. The molecule has 17 heavy (non-hydrogen) atoms. The summed E-state index contributed by atoms with van der Waals surface area (Å²) in [5.41, 5.74) is -0.141. The summed E-state index contributed by atoms with van der Waals surface area (Å²) >= 11 is 0. The number of allylic oxidation sites excluding steroid dienone is 1. The highest BCUT2D eigenvalue weighted by Crippen LogP contribution is 2.15. The third kappa shape index (κ3) is 3.65. The highest BCUT2D eigenvalue weighted by atomic mass is 32.2. The fourth-order valence-electron chi connectivity index (χ4n) is 1.11. The van der Waals surface area contributed by atoms with E-state index < -0.39 is 14.9 Å². The van der Waals surface area contributed by atoms with Crippen LogP contribution in [0.1, 0.15) is 6.92 Å². The van der Waals surface area contributed by atoms with E-state index in [4.69, 9.17) is 0 Å². The normalized spacial score (nSPS) is 11.8. The Bertz CT molecular complexity index is 520. The van der Waals surface area contributed by atoms with Gasteiger partial charge in [-0.05, 0) is 19.1 Å². The Kier molecular flexibility index (Phi) is 4.36. The Labute approximate surface area is 99.2 Å². The van der Waals surface area contributed by atoms with Crippen LogP contribution in [0.3, 0.4) is 0 Å². The van der Waals surface area contributed by atoms with Crippen molar-refractivity contribution in [3.63, 3.8) is 0 Å². The molecule has 1 aromatic rings. The van der Waals surface area contributed by atoms with Gasteiger partial charge in [0.25, 0.3) is 5.69 Å². The number of nitrogens with one attached hydrogen (secondary N) is 1. The smallest absolute Gasteiger partial charge is 0.258 e. The second-order valence-electron chi connectivity index (χ2n) is 3.17. The molecule has 1 N–H and O–H groups in total. The molecular formula is C10H12N2O4S. The van der Waals surface area contributed by atoms with Crippen molar-refractivity contribution >= 4 is 15.7 Å². The fraction of sp³-hybridized carbons (Fsp3) is 0.200. The molecule has 0 bridgehead atoms. The predicted octanol–water partition coefficient (Wildman–Crippen LogP) is 1.45. The van der Waals surface area contributed by atoms with E-state index in [9.17, 15) is 18.5 Å². The SMILES string of the molecule is CC=CCNS(=O)(=O)c1ccc([N+](=O)[O-])cc1. The van der Waals surface area contributed by atoms with Crippen LogP contribution in [-0.4, -0.2) is 19.9 Å². The Hall–Kier alpha value is -1.73. The van der Waals surface area contributed by atoms with E-state index in [-0.39, 0.29) is 17.1 Å². The number of benzene rings is 1. The van der Waals surface area contributed by atoms with Gasteiger partial charge in [0.15, 0.2) is 0 Å². The van der Waals surface area contributed by atoms with Gasteiger partial charge in [0.05, 0.1) is 9.82 Å². The van der Waals surface area contributed by atoms with Crippen molar-refractivity contribution in [1.29, 1.82) is 0 Å². The van der Waals surface area contributed by atoms with Crippen LogP contribution in [0.5, 0.6) is 0 Å². The first-order chi connectivity index (χ1) is 7.97. The van der Waals surface area contributed by atoms with Crippen LogP contribution < -0.4 is 4.72 Å². The second kappa shape index (κ2) is 5.55. The highest BCUT2D eigenvalue weighted by Gasteiger charge is 2.14. The maximum absolute atomic E-state index is 11.7. The van der Waals surface area contributed by atoms with Crippen LogP contribution in [0.2, 0.25) is 0 Å². The summed E-state index contributed by atoms with van der Waals surface area (Å²) < 4.78 is 25.7. The predicted molar refractivity (Wildman–Crippen MR) is 63.1 cm³/mol. The molecule has 1 aromatic carbocycles. The molecule has 7 heteroatoms. The van der Waals surface area contributed by atoms with Crippen LogP contribution in [0, 0.1) is 10.1 Å². The third-order valence-corrected chi connectivity index (χ3v) is 3.42. The summed E-state index contributed by atoms with van der Waals surface area (Å²) in [6.07, 6.45) is 3.38. The number of hydrogen-bond donors (Lipinski definition) is 1. The van der Waals surface area contributed by atoms with E-state index in [2.05, 4.69) is 4.72 Å². The van der Waals surface area contributed by atoms with Crippen molar-refractivity contribution < 1.29 is 13.3 Å². The Morgan fingerprint density at radius 2 is 1.94 bits per heavy atom. The summed E-state index contributed by atoms with van der Waals surface area (Å²) in [6, 6.07) is 4.72. The molecule has 0 atom stereocenters. The minimum atomic E-state index is -3.60. The molecule has 0 heterocycles. The lowest BCUT2D eigenvalue weighted by molar-refractivity contribution is -0.384. The molecule has 0 saturated carbocycles. The van der Waals surface area contributed by atoms with Gasteiger partial charge in [0, 0.05) is 18.7 Å². The summed E-state index contributed by atoms with van der Waals surface area (Å²) in [6.45, 7) is 1.97. The van der Waals surface area contributed by atoms with Crippen molar-refractivity contribution in [2.24, 2.45) is 0 Å². The molecule has 1 rings (SSSR count). The summed E-state index contributed by atoms with van der Waals surface area (Å²) in [5.74, 6) is 0. The van der Waals surface area contributed by atoms with Crippen LogP contribution in [0.15, 0.2) is 41.3 Å². The zero-order chi connectivity index (χ0) is 12.9. The zero-order valence-corrected chi connectivity index (χ0v) is 9.98. The van der Waals surface area contributed by atoms with Gasteiger partial charge in [0.1, 0.15) is 0 Å². The van der Waals surface area contributed by atoms with Gasteiger partial charge < -0.3 is 0 Å². The molecule has 0 aromatic heterocycles. The number of non-ortho nitro benzene ring substituents is 1. The van der Waals surface area contributed by atoms with Crippen molar-refractivity contribution in [3.05, 3.63) is 46.5 Å². The molecule has 0 aliphatic rings. The largest absolute Gasteiger partial charge is 0.269 e. The minimum Gasteiger partial charge on any atom is -0.258 e. The molecule has 6 nitrogen and oxygen atoms in total. The second-order valence-corrected chi connectivity index (χ2v) is 4.94. The molecule has 0 radical (unpaired) electrons. The van der Waals surface area contributed by atoms with Gasteiger partial charge in [-0.2, -0.15) is 0 Å². The maximum Gasteiger partial charge on any atom is 0.269 e. The van der Waals surface area contributed by atoms with E-state index in [1.807, 2.05) is 0 Å². The van der Waals surface area contributed by atoms with E-state index in [1.165, 1.54) is 12.1 Å². The Morgan fingerprint density at radius 3 is 2.41 bits per heavy atom. The first-order valence-electron chi connectivity index (χ1n) is 4.82. The third-order valence-electron chi connectivity index (χ3n) is 1.98. The van der Waals surface area contributed by atoms with Crippen LogP contribution >= 0.6 is 0 Å². The number of rotatable bonds is 5. The van der Waals surface area contributed by atoms with Crippen molar-refractivity contribution in [2.75, 3.05) is 6.54 Å². The van der Waals surface area contributed by atoms with Gasteiger partial charge in [-0.3, -0.25) is 10.1 Å². The fourth-order valence-corrected chi connectivity index (χ4v) is 2.08. The first kappa shape index (κ1) is 13.3. The topological polar surface area (TPSA) is 89.3 Å². The van der Waals surface area contributed by atoms with Crippen LogP contribution in [0.4, 0.5) is 5.69 Å². The van der Waals surface area contributed by atoms with Crippen molar-refractivity contribution in [2.45, 2.75) is 11.8 Å². The standard InChI is InChI=1S/C10H12N2O4S/c1-2-3-8-11-17(15,16)10-6-4-9(5-7-10)12(13)14/h2-7,11H,8H2,1H3. The van der Waals surface area contributed by atoms with Gasteiger partial charge in [-0.1, -0.05) is 12.2 Å². The molecular weight excluding hydrogens is 244 g/mol. The summed E-state index contributed by atoms with van der Waals surface area (Å²) in [4.78, 5) is 9.83. The molecule has 0 fully saturated rings. The molecule has 92 valence electrons. The van der Waals surface area contributed by atoms with E-state index in [0.717, 1.165) is 12.1 Å². The Balaban J connectivity index is 2.88. The number of sulfonamides is 1.